The van der Waals surface area contributed by atoms with Crippen LogP contribution in [-0.4, -0.2) is 0 Å². The molecule has 0 heterocycles. The molecule has 10 heavy (non-hydrogen) atoms. The molecule has 0 saturated carbocycles. The quantitative estimate of drug-likeness (QED) is 0.521. The minimum atomic E-state index is 0.495. The summed E-state index contributed by atoms with van der Waals surface area (Å²) < 4.78 is 0. The second kappa shape index (κ2) is 5.28. The van der Waals surface area contributed by atoms with Gasteiger partial charge in [-0.05, 0) is 25.7 Å². The number of rotatable bonds is 4. The predicted octanol–water partition coefficient (Wildman–Crippen LogP) is 3.36. The van der Waals surface area contributed by atoms with Crippen molar-refractivity contribution in [1.82, 2.24) is 0 Å². The van der Waals surface area contributed by atoms with Crippen LogP contribution in [0.1, 0.15) is 33.6 Å². The van der Waals surface area contributed by atoms with Gasteiger partial charge in [0, 0.05) is 0 Å². The van der Waals surface area contributed by atoms with Gasteiger partial charge in [-0.15, -0.1) is 0 Å². The first-order chi connectivity index (χ1) is 4.79. The fourth-order valence-corrected chi connectivity index (χ4v) is 1.20. The van der Waals surface area contributed by atoms with Crippen LogP contribution in [0.25, 0.3) is 0 Å². The van der Waals surface area contributed by atoms with Crippen LogP contribution in [0.4, 0.5) is 0 Å². The zero-order valence-electron chi connectivity index (χ0n) is 7.22. The molecule has 0 aromatic heterocycles. The molecule has 1 radical (unpaired) electrons. The topological polar surface area (TPSA) is 0 Å². The van der Waals surface area contributed by atoms with E-state index in [1.165, 1.54) is 5.57 Å². The fourth-order valence-electron chi connectivity index (χ4n) is 1.20. The molecule has 0 aliphatic rings. The molecule has 0 fully saturated rings. The van der Waals surface area contributed by atoms with Crippen LogP contribution < -0.4 is 0 Å². The van der Waals surface area contributed by atoms with Gasteiger partial charge in [0.25, 0.3) is 0 Å². The third-order valence-electron chi connectivity index (χ3n) is 1.93. The van der Waals surface area contributed by atoms with Gasteiger partial charge >= 0.3 is 0 Å². The highest BCUT2D eigenvalue weighted by Crippen LogP contribution is 2.18. The molecule has 0 heteroatoms. The van der Waals surface area contributed by atoms with Gasteiger partial charge < -0.3 is 0 Å². The van der Waals surface area contributed by atoms with Gasteiger partial charge in [-0.25, -0.2) is 0 Å². The van der Waals surface area contributed by atoms with E-state index in [1.807, 2.05) is 0 Å². The summed E-state index contributed by atoms with van der Waals surface area (Å²) in [5.74, 6) is 0.495. The van der Waals surface area contributed by atoms with E-state index in [-0.39, 0.29) is 0 Å². The van der Waals surface area contributed by atoms with Gasteiger partial charge in [0.2, 0.25) is 0 Å². The van der Waals surface area contributed by atoms with Crippen molar-refractivity contribution in [2.45, 2.75) is 33.6 Å². The normalized spacial score (nSPS) is 14.9. The average molecular weight is 137 g/mol. The van der Waals surface area contributed by atoms with Gasteiger partial charge in [-0.2, -0.15) is 0 Å². The summed E-state index contributed by atoms with van der Waals surface area (Å²) in [5, 5.41) is 0. The molecular weight excluding hydrogens is 120 g/mol. The lowest BCUT2D eigenvalue weighted by atomic mass is 9.94. The summed E-state index contributed by atoms with van der Waals surface area (Å²) in [6, 6.07) is 0. The maximum Gasteiger partial charge on any atom is -0.00230 e. The highest BCUT2D eigenvalue weighted by molar-refractivity contribution is 5.09. The van der Waals surface area contributed by atoms with Gasteiger partial charge in [0.1, 0.15) is 0 Å². The molecule has 57 valence electrons. The Bertz CT molecular complexity index is 120. The minimum Gasteiger partial charge on any atom is -0.0879 e. The second-order valence-corrected chi connectivity index (χ2v) is 2.42. The maximum atomic E-state index is 5.47. The number of hydrogen-bond acceptors (Lipinski definition) is 0. The Hall–Kier alpha value is -0.520. The van der Waals surface area contributed by atoms with Crippen molar-refractivity contribution in [1.29, 1.82) is 0 Å². The lowest BCUT2D eigenvalue weighted by Gasteiger charge is -2.11. The zero-order chi connectivity index (χ0) is 7.98. The Morgan fingerprint density at radius 3 is 2.20 bits per heavy atom. The molecule has 0 nitrogen and oxygen atoms in total. The molecule has 0 aliphatic heterocycles. The molecular formula is C10H17. The van der Waals surface area contributed by atoms with Crippen molar-refractivity contribution < 1.29 is 0 Å². The number of hydrogen-bond donors (Lipinski definition) is 0. The van der Waals surface area contributed by atoms with Crippen molar-refractivity contribution in [3.8, 4) is 0 Å². The highest BCUT2D eigenvalue weighted by Gasteiger charge is 2.03. The molecule has 0 aliphatic carbocycles. The summed E-state index contributed by atoms with van der Waals surface area (Å²) in [6.45, 7) is 11.9. The fraction of sp³-hybridized carbons (Fsp3) is 0.600. The molecule has 0 spiro atoms. The van der Waals surface area contributed by atoms with Crippen molar-refractivity contribution >= 4 is 0 Å². The summed E-state index contributed by atoms with van der Waals surface area (Å²) in [7, 11) is 0. The molecule has 1 unspecified atom stereocenters. The SMILES string of the molecule is [CH]=CC(CC)C(=CC)CC. The first-order valence-corrected chi connectivity index (χ1v) is 4.00. The molecule has 0 amide bonds. The molecule has 0 aromatic carbocycles. The lowest BCUT2D eigenvalue weighted by Crippen LogP contribution is -1.97. The monoisotopic (exact) mass is 137 g/mol. The van der Waals surface area contributed by atoms with E-state index in [1.54, 1.807) is 6.08 Å². The first-order valence-electron chi connectivity index (χ1n) is 4.00. The van der Waals surface area contributed by atoms with Crippen molar-refractivity contribution in [2.24, 2.45) is 5.92 Å². The third-order valence-corrected chi connectivity index (χ3v) is 1.93. The summed E-state index contributed by atoms with van der Waals surface area (Å²) in [6.07, 6.45) is 6.18. The standard InChI is InChI=1S/C10H17/c1-5-9(6-2)10(7-3)8-4/h1,5,7,9H,6,8H2,2-4H3. The lowest BCUT2D eigenvalue weighted by molar-refractivity contribution is 0.698. The van der Waals surface area contributed by atoms with E-state index >= 15 is 0 Å². The summed E-state index contributed by atoms with van der Waals surface area (Å²) in [5.41, 5.74) is 1.45. The maximum absolute atomic E-state index is 5.47. The van der Waals surface area contributed by atoms with E-state index in [4.69, 9.17) is 6.58 Å². The van der Waals surface area contributed by atoms with Crippen LogP contribution >= 0.6 is 0 Å². The average Bonchev–Trinajstić information content (AvgIpc) is 2.00. The minimum absolute atomic E-state index is 0.495. The van der Waals surface area contributed by atoms with Crippen LogP contribution in [0, 0.1) is 12.5 Å². The van der Waals surface area contributed by atoms with Crippen LogP contribution in [0.2, 0.25) is 0 Å². The Labute approximate surface area is 64.6 Å². The van der Waals surface area contributed by atoms with Crippen molar-refractivity contribution in [3.05, 3.63) is 24.3 Å². The predicted molar refractivity (Wildman–Crippen MR) is 46.7 cm³/mol. The smallest absolute Gasteiger partial charge is 0.00230 e. The highest BCUT2D eigenvalue weighted by atomic mass is 14.1. The van der Waals surface area contributed by atoms with E-state index < -0.39 is 0 Å². The van der Waals surface area contributed by atoms with E-state index in [0.29, 0.717) is 5.92 Å². The van der Waals surface area contributed by atoms with Crippen LogP contribution in [-0.2, 0) is 0 Å². The van der Waals surface area contributed by atoms with E-state index in [9.17, 15) is 0 Å². The third kappa shape index (κ3) is 2.38. The Morgan fingerprint density at radius 2 is 2.10 bits per heavy atom. The first kappa shape index (κ1) is 9.48. The van der Waals surface area contributed by atoms with Gasteiger partial charge in [-0.1, -0.05) is 38.2 Å². The zero-order valence-corrected chi connectivity index (χ0v) is 7.22. The van der Waals surface area contributed by atoms with E-state index in [0.717, 1.165) is 12.8 Å². The Balaban J connectivity index is 4.10. The van der Waals surface area contributed by atoms with Crippen LogP contribution in [0.15, 0.2) is 17.7 Å². The van der Waals surface area contributed by atoms with E-state index in [2.05, 4.69) is 26.8 Å². The second-order valence-electron chi connectivity index (χ2n) is 2.42. The molecule has 0 saturated heterocycles. The molecule has 0 N–H and O–H groups in total. The Kier molecular flexibility index (Phi) is 5.00. The van der Waals surface area contributed by atoms with Crippen LogP contribution in [0.3, 0.4) is 0 Å². The van der Waals surface area contributed by atoms with Gasteiger partial charge in [0.05, 0.1) is 0 Å². The molecule has 0 rings (SSSR count). The molecule has 1 atom stereocenters. The molecule has 0 bridgehead atoms. The number of allylic oxidation sites excluding steroid dienone is 3. The van der Waals surface area contributed by atoms with Crippen LogP contribution in [0.5, 0.6) is 0 Å². The largest absolute Gasteiger partial charge is 0.0879 e. The van der Waals surface area contributed by atoms with Gasteiger partial charge in [0.15, 0.2) is 0 Å². The van der Waals surface area contributed by atoms with Crippen molar-refractivity contribution in [3.63, 3.8) is 0 Å². The Morgan fingerprint density at radius 1 is 1.50 bits per heavy atom. The van der Waals surface area contributed by atoms with Gasteiger partial charge in [-0.3, -0.25) is 0 Å². The molecule has 0 aromatic rings. The van der Waals surface area contributed by atoms with Crippen molar-refractivity contribution in [2.75, 3.05) is 0 Å². The summed E-state index contributed by atoms with van der Waals surface area (Å²) in [4.78, 5) is 0. The summed E-state index contributed by atoms with van der Waals surface area (Å²) >= 11 is 0.